The van der Waals surface area contributed by atoms with Gasteiger partial charge in [-0.2, -0.15) is 0 Å². The highest BCUT2D eigenvalue weighted by Gasteiger charge is 2.38. The maximum atomic E-state index is 6.37. The van der Waals surface area contributed by atoms with E-state index in [2.05, 4.69) is 34.6 Å². The van der Waals surface area contributed by atoms with Crippen molar-refractivity contribution in [2.24, 2.45) is 11.1 Å². The maximum absolute atomic E-state index is 6.37. The van der Waals surface area contributed by atoms with Crippen molar-refractivity contribution in [1.29, 1.82) is 0 Å². The lowest BCUT2D eigenvalue weighted by Gasteiger charge is -2.32. The molecular weight excluding hydrogens is 268 g/mol. The second-order valence-electron chi connectivity index (χ2n) is 6.62. The summed E-state index contributed by atoms with van der Waals surface area (Å²) in [6.45, 7) is 11.7. The van der Waals surface area contributed by atoms with Crippen LogP contribution in [0.15, 0.2) is 0 Å². The van der Waals surface area contributed by atoms with E-state index in [1.165, 1.54) is 10.6 Å². The highest BCUT2D eigenvalue weighted by atomic mass is 32.1. The molecule has 1 aliphatic rings. The Balaban J connectivity index is 2.41. The van der Waals surface area contributed by atoms with Gasteiger partial charge in [-0.05, 0) is 38.0 Å². The first-order valence-electron chi connectivity index (χ1n) is 7.77. The third-order valence-electron chi connectivity index (χ3n) is 4.44. The van der Waals surface area contributed by atoms with Crippen LogP contribution in [0.5, 0.6) is 0 Å². The fraction of sp³-hybridized carbons (Fsp3) is 0.812. The minimum Gasteiger partial charge on any atom is -0.368 e. The number of hydrogen-bond acceptors (Lipinski definition) is 4. The molecule has 1 aliphatic carbocycles. The normalized spacial score (nSPS) is 21.8. The lowest BCUT2D eigenvalue weighted by atomic mass is 9.77. The zero-order chi connectivity index (χ0) is 15.0. The van der Waals surface area contributed by atoms with Crippen LogP contribution in [0.25, 0.3) is 0 Å². The quantitative estimate of drug-likeness (QED) is 0.887. The lowest BCUT2D eigenvalue weighted by Crippen LogP contribution is -2.29. The molecule has 0 amide bonds. The molecular formula is C16H28N2OS. The predicted octanol–water partition coefficient (Wildman–Crippen LogP) is 4.17. The van der Waals surface area contributed by atoms with Gasteiger partial charge in [-0.25, -0.2) is 4.98 Å². The van der Waals surface area contributed by atoms with Gasteiger partial charge in [0.2, 0.25) is 0 Å². The van der Waals surface area contributed by atoms with Crippen molar-refractivity contribution in [1.82, 2.24) is 4.98 Å². The topological polar surface area (TPSA) is 48.1 Å². The summed E-state index contributed by atoms with van der Waals surface area (Å²) in [6.07, 6.45) is 3.99. The summed E-state index contributed by atoms with van der Waals surface area (Å²) in [6, 6.07) is 0.132. The molecule has 0 aliphatic heterocycles. The molecule has 1 heterocycles. The molecule has 0 fully saturated rings. The Morgan fingerprint density at radius 1 is 1.35 bits per heavy atom. The zero-order valence-corrected chi connectivity index (χ0v) is 14.3. The monoisotopic (exact) mass is 296 g/mol. The van der Waals surface area contributed by atoms with Crippen LogP contribution in [0.4, 0.5) is 0 Å². The van der Waals surface area contributed by atoms with E-state index in [1.54, 1.807) is 11.3 Å². The molecule has 0 saturated heterocycles. The number of hydrogen-bond donors (Lipinski definition) is 1. The van der Waals surface area contributed by atoms with Crippen LogP contribution in [0, 0.1) is 5.41 Å². The SMILES string of the molecule is CCOC(CC)(CC)c1nc2c(s1)C(N)CC(C)(C)C2. The molecule has 4 heteroatoms. The van der Waals surface area contributed by atoms with Gasteiger partial charge in [0, 0.05) is 17.5 Å². The number of nitrogens with zero attached hydrogens (tertiary/aromatic N) is 1. The number of aromatic nitrogens is 1. The summed E-state index contributed by atoms with van der Waals surface area (Å²) in [7, 11) is 0. The minimum absolute atomic E-state index is 0.132. The van der Waals surface area contributed by atoms with Gasteiger partial charge in [0.15, 0.2) is 0 Å². The molecule has 0 bridgehead atoms. The molecule has 0 saturated carbocycles. The van der Waals surface area contributed by atoms with E-state index in [0.717, 1.165) is 37.3 Å². The highest BCUT2D eigenvalue weighted by Crippen LogP contribution is 2.45. The molecule has 0 aromatic carbocycles. The van der Waals surface area contributed by atoms with Gasteiger partial charge in [0.1, 0.15) is 10.6 Å². The summed E-state index contributed by atoms with van der Waals surface area (Å²) in [5, 5.41) is 1.13. The first kappa shape index (κ1) is 15.9. The van der Waals surface area contributed by atoms with Gasteiger partial charge in [0.25, 0.3) is 0 Å². The number of rotatable bonds is 5. The minimum atomic E-state index is -0.222. The second kappa shape index (κ2) is 5.74. The third-order valence-corrected chi connectivity index (χ3v) is 5.85. The van der Waals surface area contributed by atoms with E-state index in [0.29, 0.717) is 0 Å². The molecule has 3 nitrogen and oxygen atoms in total. The number of ether oxygens (including phenoxy) is 1. The van der Waals surface area contributed by atoms with Gasteiger partial charge >= 0.3 is 0 Å². The molecule has 1 atom stereocenters. The Kier molecular flexibility index (Phi) is 4.57. The Morgan fingerprint density at radius 2 is 2.00 bits per heavy atom. The molecule has 1 aromatic heterocycles. The molecule has 0 radical (unpaired) electrons. The summed E-state index contributed by atoms with van der Waals surface area (Å²) in [5.41, 5.74) is 7.61. The van der Waals surface area contributed by atoms with E-state index >= 15 is 0 Å². The van der Waals surface area contributed by atoms with Crippen LogP contribution in [-0.2, 0) is 16.8 Å². The second-order valence-corrected chi connectivity index (χ2v) is 7.65. The van der Waals surface area contributed by atoms with Crippen molar-refractivity contribution in [3.8, 4) is 0 Å². The smallest absolute Gasteiger partial charge is 0.125 e. The van der Waals surface area contributed by atoms with Gasteiger partial charge in [-0.15, -0.1) is 11.3 Å². The van der Waals surface area contributed by atoms with Crippen LogP contribution in [0.3, 0.4) is 0 Å². The van der Waals surface area contributed by atoms with E-state index in [-0.39, 0.29) is 17.1 Å². The molecule has 1 aromatic rings. The van der Waals surface area contributed by atoms with Crippen molar-refractivity contribution < 1.29 is 4.74 Å². The van der Waals surface area contributed by atoms with E-state index in [9.17, 15) is 0 Å². The van der Waals surface area contributed by atoms with Crippen molar-refractivity contribution in [2.45, 2.75) is 71.9 Å². The van der Waals surface area contributed by atoms with Crippen LogP contribution < -0.4 is 5.73 Å². The fourth-order valence-corrected chi connectivity index (χ4v) is 4.65. The Labute approximate surface area is 126 Å². The van der Waals surface area contributed by atoms with E-state index in [1.807, 2.05) is 0 Å². The molecule has 0 spiro atoms. The van der Waals surface area contributed by atoms with E-state index in [4.69, 9.17) is 15.5 Å². The highest BCUT2D eigenvalue weighted by molar-refractivity contribution is 7.12. The number of thiazole rings is 1. The third kappa shape index (κ3) is 2.78. The molecule has 2 rings (SSSR count). The first-order chi connectivity index (χ1) is 9.37. The van der Waals surface area contributed by atoms with Gasteiger partial charge < -0.3 is 10.5 Å². The largest absolute Gasteiger partial charge is 0.368 e. The van der Waals surface area contributed by atoms with Gasteiger partial charge in [-0.1, -0.05) is 27.7 Å². The molecule has 1 unspecified atom stereocenters. The van der Waals surface area contributed by atoms with Crippen LogP contribution >= 0.6 is 11.3 Å². The summed E-state index contributed by atoms with van der Waals surface area (Å²) in [4.78, 5) is 6.23. The lowest BCUT2D eigenvalue weighted by molar-refractivity contribution is -0.0507. The Hall–Kier alpha value is -0.450. The average Bonchev–Trinajstić information content (AvgIpc) is 2.79. The average molecular weight is 296 g/mol. The first-order valence-corrected chi connectivity index (χ1v) is 8.58. The number of fused-ring (bicyclic) bond motifs is 1. The molecule has 20 heavy (non-hydrogen) atoms. The van der Waals surface area contributed by atoms with Crippen molar-refractivity contribution in [3.63, 3.8) is 0 Å². The Morgan fingerprint density at radius 3 is 2.55 bits per heavy atom. The molecule has 114 valence electrons. The van der Waals surface area contributed by atoms with Crippen molar-refractivity contribution in [3.05, 3.63) is 15.6 Å². The van der Waals surface area contributed by atoms with E-state index < -0.39 is 0 Å². The zero-order valence-electron chi connectivity index (χ0n) is 13.5. The van der Waals surface area contributed by atoms with Gasteiger partial charge in [0.05, 0.1) is 5.69 Å². The predicted molar refractivity (Wildman–Crippen MR) is 85.0 cm³/mol. The van der Waals surface area contributed by atoms with Crippen molar-refractivity contribution >= 4 is 11.3 Å². The summed E-state index contributed by atoms with van der Waals surface area (Å²) >= 11 is 1.78. The Bertz CT molecular complexity index is 463. The van der Waals surface area contributed by atoms with Crippen LogP contribution in [0.2, 0.25) is 0 Å². The van der Waals surface area contributed by atoms with Gasteiger partial charge in [-0.3, -0.25) is 0 Å². The summed E-state index contributed by atoms with van der Waals surface area (Å²) in [5.74, 6) is 0. The summed E-state index contributed by atoms with van der Waals surface area (Å²) < 4.78 is 6.09. The maximum Gasteiger partial charge on any atom is 0.125 e. The van der Waals surface area contributed by atoms with Crippen LogP contribution in [-0.4, -0.2) is 11.6 Å². The number of nitrogens with two attached hydrogens (primary N) is 1. The van der Waals surface area contributed by atoms with Crippen molar-refractivity contribution in [2.75, 3.05) is 6.61 Å². The molecule has 2 N–H and O–H groups in total. The standard InChI is InChI=1S/C16H28N2OS/c1-6-16(7-2,19-8-3)14-18-12-10-15(4,5)9-11(17)13(12)20-14/h11H,6-10,17H2,1-5H3. The fourth-order valence-electron chi connectivity index (χ4n) is 3.28. The van der Waals surface area contributed by atoms with Crippen LogP contribution in [0.1, 0.15) is 75.5 Å².